The Bertz CT molecular complexity index is 1360. The van der Waals surface area contributed by atoms with Crippen molar-refractivity contribution in [3.05, 3.63) is 112 Å². The molecule has 40 heavy (non-hydrogen) atoms. The zero-order chi connectivity index (χ0) is 28.9. The number of allylic oxidation sites excluding steroid dienone is 1. The number of ether oxygens (including phenoxy) is 1. The van der Waals surface area contributed by atoms with E-state index in [1.54, 1.807) is 0 Å². The molecule has 0 aliphatic carbocycles. The molecule has 210 valence electrons. The molecule has 3 aromatic rings. The summed E-state index contributed by atoms with van der Waals surface area (Å²) in [6, 6.07) is 26.3. The van der Waals surface area contributed by atoms with Gasteiger partial charge in [0.15, 0.2) is 0 Å². The van der Waals surface area contributed by atoms with Crippen molar-refractivity contribution in [2.45, 2.75) is 66.4 Å². The van der Waals surface area contributed by atoms with Crippen LogP contribution in [0, 0.1) is 18.8 Å². The van der Waals surface area contributed by atoms with Crippen LogP contribution in [-0.2, 0) is 21.6 Å². The molecule has 5 rings (SSSR count). The number of benzene rings is 3. The molecule has 0 radical (unpaired) electrons. The van der Waals surface area contributed by atoms with Gasteiger partial charge in [-0.15, -0.1) is 0 Å². The largest absolute Gasteiger partial charge is 0.450 e. The van der Waals surface area contributed by atoms with Gasteiger partial charge in [-0.05, 0) is 56.4 Å². The Morgan fingerprint density at radius 3 is 2.12 bits per heavy atom. The van der Waals surface area contributed by atoms with Crippen LogP contribution < -0.4 is 0 Å². The SMILES string of the molecule is CC(C)=C(C(=O)N1C[C@@H](C)C2(OC(=O)c3ccccc32)[C@@H](C)C1)c1ccccc1C.CCCCc1ccccc1. The van der Waals surface area contributed by atoms with Crippen LogP contribution in [0.3, 0.4) is 0 Å². The highest BCUT2D eigenvalue weighted by Crippen LogP contribution is 2.50. The number of likely N-dealkylation sites (tertiary alicyclic amines) is 1. The fraction of sp³-hybridized carbons (Fsp3) is 0.389. The number of carbonyl (C=O) groups is 2. The van der Waals surface area contributed by atoms with Gasteiger partial charge in [0.2, 0.25) is 0 Å². The Labute approximate surface area is 240 Å². The Hall–Kier alpha value is -3.66. The second kappa shape index (κ2) is 12.7. The molecule has 0 N–H and O–H groups in total. The molecular weight excluding hydrogens is 494 g/mol. The molecule has 0 saturated carbocycles. The summed E-state index contributed by atoms with van der Waals surface area (Å²) in [4.78, 5) is 28.1. The Balaban J connectivity index is 0.000000312. The lowest BCUT2D eigenvalue weighted by Gasteiger charge is -2.48. The maximum Gasteiger partial charge on any atom is 0.339 e. The topological polar surface area (TPSA) is 46.6 Å². The number of nitrogens with zero attached hydrogens (tertiary/aromatic N) is 1. The summed E-state index contributed by atoms with van der Waals surface area (Å²) >= 11 is 0. The van der Waals surface area contributed by atoms with Gasteiger partial charge in [0.25, 0.3) is 5.91 Å². The van der Waals surface area contributed by atoms with Gasteiger partial charge < -0.3 is 9.64 Å². The highest BCUT2D eigenvalue weighted by Gasteiger charge is 2.56. The van der Waals surface area contributed by atoms with Gasteiger partial charge in [-0.3, -0.25) is 4.79 Å². The van der Waals surface area contributed by atoms with Crippen LogP contribution in [0.4, 0.5) is 0 Å². The van der Waals surface area contributed by atoms with Crippen molar-refractivity contribution in [2.24, 2.45) is 11.8 Å². The number of hydrogen-bond donors (Lipinski definition) is 0. The van der Waals surface area contributed by atoms with Crippen LogP contribution in [0.2, 0.25) is 0 Å². The van der Waals surface area contributed by atoms with Crippen LogP contribution >= 0.6 is 0 Å². The standard InChI is InChI=1S/C26H29NO3.C10H14/c1-16(2)23(20-11-7-6-10-17(20)3)24(28)27-14-18(4)26(19(5)15-27)22-13-9-8-12-21(22)25(29)30-26;1-2-3-7-10-8-5-4-6-9-10/h6-13,18-19H,14-15H2,1-5H3;4-6,8-9H,2-3,7H2,1H3/t18-,19+,26?;. The summed E-state index contributed by atoms with van der Waals surface area (Å²) in [6.07, 6.45) is 3.83. The van der Waals surface area contributed by atoms with Crippen molar-refractivity contribution >= 4 is 17.4 Å². The smallest absolute Gasteiger partial charge is 0.339 e. The van der Waals surface area contributed by atoms with Crippen molar-refractivity contribution in [3.8, 4) is 0 Å². The van der Waals surface area contributed by atoms with E-state index in [0.717, 1.165) is 27.8 Å². The van der Waals surface area contributed by atoms with E-state index in [-0.39, 0.29) is 23.7 Å². The van der Waals surface area contributed by atoms with Gasteiger partial charge in [-0.25, -0.2) is 4.79 Å². The monoisotopic (exact) mass is 537 g/mol. The number of aryl methyl sites for hydroxylation is 2. The minimum atomic E-state index is -0.668. The third-order valence-electron chi connectivity index (χ3n) is 8.36. The lowest BCUT2D eigenvalue weighted by atomic mass is 9.70. The Kier molecular flexibility index (Phi) is 9.29. The average molecular weight is 538 g/mol. The molecule has 1 spiro atoms. The van der Waals surface area contributed by atoms with Crippen LogP contribution in [0.1, 0.15) is 80.1 Å². The summed E-state index contributed by atoms with van der Waals surface area (Å²) in [7, 11) is 0. The Morgan fingerprint density at radius 1 is 0.900 bits per heavy atom. The molecule has 3 aromatic carbocycles. The number of hydrogen-bond acceptors (Lipinski definition) is 3. The van der Waals surface area contributed by atoms with Gasteiger partial charge in [0, 0.05) is 36.1 Å². The van der Waals surface area contributed by atoms with Crippen molar-refractivity contribution < 1.29 is 14.3 Å². The second-order valence-corrected chi connectivity index (χ2v) is 11.5. The van der Waals surface area contributed by atoms with Crippen LogP contribution in [0.15, 0.2) is 84.4 Å². The van der Waals surface area contributed by atoms with E-state index in [2.05, 4.69) is 51.1 Å². The number of carbonyl (C=O) groups excluding carboxylic acids is 2. The fourth-order valence-electron chi connectivity index (χ4n) is 6.29. The number of fused-ring (bicyclic) bond motifs is 2. The second-order valence-electron chi connectivity index (χ2n) is 11.5. The molecule has 2 aliphatic heterocycles. The molecule has 4 nitrogen and oxygen atoms in total. The van der Waals surface area contributed by atoms with Gasteiger partial charge in [0.05, 0.1) is 5.56 Å². The third-order valence-corrected chi connectivity index (χ3v) is 8.36. The lowest BCUT2D eigenvalue weighted by molar-refractivity contribution is -0.142. The van der Waals surface area contributed by atoms with Crippen molar-refractivity contribution in [1.82, 2.24) is 4.90 Å². The first-order valence-electron chi connectivity index (χ1n) is 14.6. The summed E-state index contributed by atoms with van der Waals surface area (Å²) in [6.45, 7) is 13.5. The molecule has 1 saturated heterocycles. The summed E-state index contributed by atoms with van der Waals surface area (Å²) < 4.78 is 6.04. The van der Waals surface area contributed by atoms with E-state index in [0.29, 0.717) is 18.7 Å². The average Bonchev–Trinajstić information content (AvgIpc) is 3.26. The number of rotatable bonds is 5. The predicted octanol–water partition coefficient (Wildman–Crippen LogP) is 8.00. The van der Waals surface area contributed by atoms with Gasteiger partial charge >= 0.3 is 5.97 Å². The number of piperidine rings is 1. The molecule has 2 heterocycles. The molecule has 2 aliphatic rings. The molecule has 1 unspecified atom stereocenters. The molecule has 4 heteroatoms. The quantitative estimate of drug-likeness (QED) is 0.245. The van der Waals surface area contributed by atoms with E-state index < -0.39 is 5.60 Å². The maximum atomic E-state index is 13.7. The summed E-state index contributed by atoms with van der Waals surface area (Å²) in [5.41, 5.74) is 6.27. The Morgan fingerprint density at radius 2 is 1.50 bits per heavy atom. The maximum absolute atomic E-state index is 13.7. The lowest BCUT2D eigenvalue weighted by Crippen LogP contribution is -2.56. The van der Waals surface area contributed by atoms with Crippen LogP contribution in [0.5, 0.6) is 0 Å². The number of unbranched alkanes of at least 4 members (excludes halogenated alkanes) is 1. The third kappa shape index (κ3) is 5.77. The van der Waals surface area contributed by atoms with Gasteiger partial charge in [0.1, 0.15) is 5.60 Å². The minimum Gasteiger partial charge on any atom is -0.450 e. The van der Waals surface area contributed by atoms with E-state index in [4.69, 9.17) is 4.74 Å². The zero-order valence-corrected chi connectivity index (χ0v) is 24.9. The van der Waals surface area contributed by atoms with Crippen LogP contribution in [-0.4, -0.2) is 29.9 Å². The number of amides is 1. The van der Waals surface area contributed by atoms with Gasteiger partial charge in [-0.2, -0.15) is 0 Å². The summed E-state index contributed by atoms with van der Waals surface area (Å²) in [5, 5.41) is 0. The zero-order valence-electron chi connectivity index (χ0n) is 24.9. The van der Waals surface area contributed by atoms with Crippen molar-refractivity contribution in [1.29, 1.82) is 0 Å². The molecule has 1 fully saturated rings. The van der Waals surface area contributed by atoms with Gasteiger partial charge in [-0.1, -0.05) is 106 Å². The van der Waals surface area contributed by atoms with Crippen LogP contribution in [0.25, 0.3) is 5.57 Å². The van der Waals surface area contributed by atoms with E-state index >= 15 is 0 Å². The number of esters is 1. The van der Waals surface area contributed by atoms with Crippen molar-refractivity contribution in [3.63, 3.8) is 0 Å². The predicted molar refractivity (Wildman–Crippen MR) is 163 cm³/mol. The summed E-state index contributed by atoms with van der Waals surface area (Å²) in [5.74, 6) is -0.217. The van der Waals surface area contributed by atoms with E-state index in [9.17, 15) is 9.59 Å². The molecule has 0 aromatic heterocycles. The molecule has 0 bridgehead atoms. The van der Waals surface area contributed by atoms with E-state index in [1.807, 2.05) is 74.2 Å². The first-order chi connectivity index (χ1) is 19.2. The van der Waals surface area contributed by atoms with Crippen molar-refractivity contribution in [2.75, 3.05) is 13.1 Å². The normalized spacial score (nSPS) is 21.2. The molecule has 1 amide bonds. The van der Waals surface area contributed by atoms with E-state index in [1.165, 1.54) is 24.8 Å². The molecule has 3 atom stereocenters. The highest BCUT2D eigenvalue weighted by molar-refractivity contribution is 6.20. The fourth-order valence-corrected chi connectivity index (χ4v) is 6.29. The first-order valence-corrected chi connectivity index (χ1v) is 14.6. The molecular formula is C36H43NO3. The highest BCUT2D eigenvalue weighted by atomic mass is 16.6. The first kappa shape index (κ1) is 29.3. The minimum absolute atomic E-state index is 0.00641.